The summed E-state index contributed by atoms with van der Waals surface area (Å²) in [5, 5.41) is 6.19. The average Bonchev–Trinajstić information content (AvgIpc) is 2.80. The molecule has 196 valence electrons. The van der Waals surface area contributed by atoms with Gasteiger partial charge >= 0.3 is 7.82 Å². The first-order valence-corrected chi connectivity index (χ1v) is 14.1. The number of hydrogen-bond donors (Lipinski definition) is 4. The Morgan fingerprint density at radius 3 is 2.36 bits per heavy atom. The van der Waals surface area contributed by atoms with E-state index < -0.39 is 7.82 Å². The largest absolute Gasteiger partial charge is 0.466 e. The van der Waals surface area contributed by atoms with Crippen molar-refractivity contribution in [2.45, 2.75) is 39.7 Å². The molecule has 3 aromatic rings. The van der Waals surface area contributed by atoms with Crippen LogP contribution in [0.15, 0.2) is 48.5 Å². The van der Waals surface area contributed by atoms with Gasteiger partial charge in [-0.2, -0.15) is 0 Å². The summed E-state index contributed by atoms with van der Waals surface area (Å²) in [6.45, 7) is 10.0. The van der Waals surface area contributed by atoms with Gasteiger partial charge < -0.3 is 24.9 Å². The Bertz CT molecular complexity index is 1190. The van der Waals surface area contributed by atoms with Gasteiger partial charge in [0.25, 0.3) is 0 Å². The lowest BCUT2D eigenvalue weighted by Crippen LogP contribution is -2.25. The third-order valence-electron chi connectivity index (χ3n) is 5.54. The van der Waals surface area contributed by atoms with Crippen molar-refractivity contribution in [1.29, 1.82) is 0 Å². The minimum absolute atomic E-state index is 0.359. The zero-order valence-corrected chi connectivity index (χ0v) is 23.1. The minimum atomic E-state index is -4.64. The van der Waals surface area contributed by atoms with E-state index >= 15 is 0 Å². The maximum atomic E-state index is 8.88. The predicted molar refractivity (Wildman–Crippen MR) is 152 cm³/mol. The van der Waals surface area contributed by atoms with Gasteiger partial charge in [0, 0.05) is 27.2 Å². The van der Waals surface area contributed by atoms with Gasteiger partial charge in [-0.05, 0) is 81.4 Å². The van der Waals surface area contributed by atoms with E-state index in [0.29, 0.717) is 11.1 Å². The van der Waals surface area contributed by atoms with Crippen molar-refractivity contribution < 1.29 is 19.2 Å². The van der Waals surface area contributed by atoms with Crippen LogP contribution < -0.4 is 5.32 Å². The quantitative estimate of drug-likeness (QED) is 0.207. The zero-order valence-electron chi connectivity index (χ0n) is 20.7. The summed E-state index contributed by atoms with van der Waals surface area (Å²) in [7, 11) is -4.64. The molecule has 0 bridgehead atoms. The Labute approximate surface area is 223 Å². The SMILES string of the molecule is CCN(CC)CCC[C@@H](C)Nc1cc(/C=C/c2ccccc2Cl)nc2cc(Cl)ccc12.O=P(O)(O)O. The molecule has 3 rings (SSSR count). The molecule has 0 aliphatic carbocycles. The van der Waals surface area contributed by atoms with Crippen molar-refractivity contribution in [2.24, 2.45) is 0 Å². The molecule has 4 N–H and O–H groups in total. The number of rotatable bonds is 10. The number of aromatic nitrogens is 1. The Morgan fingerprint density at radius 1 is 1.06 bits per heavy atom. The molecule has 0 radical (unpaired) electrons. The van der Waals surface area contributed by atoms with Crippen molar-refractivity contribution in [2.75, 3.05) is 25.0 Å². The van der Waals surface area contributed by atoms with Crippen LogP contribution in [0.2, 0.25) is 10.0 Å². The van der Waals surface area contributed by atoms with Gasteiger partial charge in [0.1, 0.15) is 0 Å². The van der Waals surface area contributed by atoms with Crippen LogP contribution in [0.3, 0.4) is 0 Å². The van der Waals surface area contributed by atoms with E-state index in [1.165, 1.54) is 6.42 Å². The van der Waals surface area contributed by atoms with E-state index in [4.69, 9.17) is 47.4 Å². The first kappa shape index (κ1) is 30.3. The summed E-state index contributed by atoms with van der Waals surface area (Å²) in [5.74, 6) is 0. The number of nitrogens with one attached hydrogen (secondary N) is 1. The molecule has 0 saturated heterocycles. The van der Waals surface area contributed by atoms with E-state index in [9.17, 15) is 0 Å². The van der Waals surface area contributed by atoms with Crippen LogP contribution in [0.4, 0.5) is 5.69 Å². The highest BCUT2D eigenvalue weighted by Crippen LogP contribution is 2.28. The lowest BCUT2D eigenvalue weighted by atomic mass is 10.1. The van der Waals surface area contributed by atoms with Gasteiger partial charge in [-0.15, -0.1) is 0 Å². The molecule has 0 spiro atoms. The van der Waals surface area contributed by atoms with Crippen molar-refractivity contribution in [3.8, 4) is 0 Å². The average molecular weight is 554 g/mol. The number of nitrogens with zero attached hydrogens (tertiary/aromatic N) is 2. The number of hydrogen-bond acceptors (Lipinski definition) is 4. The number of anilines is 1. The molecule has 1 atom stereocenters. The van der Waals surface area contributed by atoms with Crippen LogP contribution in [-0.2, 0) is 4.57 Å². The van der Waals surface area contributed by atoms with Crippen molar-refractivity contribution >= 4 is 59.8 Å². The second kappa shape index (κ2) is 14.7. The molecular formula is C26H34Cl2N3O4P. The molecule has 36 heavy (non-hydrogen) atoms. The highest BCUT2D eigenvalue weighted by Gasteiger charge is 2.10. The maximum absolute atomic E-state index is 8.88. The number of fused-ring (bicyclic) bond motifs is 1. The normalized spacial score (nSPS) is 12.6. The molecular weight excluding hydrogens is 520 g/mol. The molecule has 7 nitrogen and oxygen atoms in total. The minimum Gasteiger partial charge on any atom is -0.382 e. The monoisotopic (exact) mass is 553 g/mol. The summed E-state index contributed by atoms with van der Waals surface area (Å²) < 4.78 is 8.88. The molecule has 0 fully saturated rings. The molecule has 2 aromatic carbocycles. The summed E-state index contributed by atoms with van der Waals surface area (Å²) >= 11 is 12.5. The number of benzene rings is 2. The number of phosphoric acid groups is 1. The number of pyridine rings is 1. The summed E-state index contributed by atoms with van der Waals surface area (Å²) in [6, 6.07) is 16.1. The standard InChI is InChI=1S/C26H31Cl2N3.H3O4P/c1-4-31(5-2)16-8-9-19(3)29-26-18-22(14-12-20-10-6-7-11-24(20)28)30-25-17-21(27)13-15-23(25)26;1-5(2,3)4/h6-7,10-15,17-19H,4-5,8-9,16H2,1-3H3,(H,29,30);(H3,1,2,3,4)/b14-12+;/t19-;/m1./s1. The Morgan fingerprint density at radius 2 is 1.72 bits per heavy atom. The van der Waals surface area contributed by atoms with Crippen LogP contribution in [0.25, 0.3) is 23.1 Å². The second-order valence-electron chi connectivity index (χ2n) is 8.34. The molecule has 1 aromatic heterocycles. The fourth-order valence-electron chi connectivity index (χ4n) is 3.71. The fraction of sp³-hybridized carbons (Fsp3) is 0.346. The predicted octanol–water partition coefficient (Wildman–Crippen LogP) is 6.71. The summed E-state index contributed by atoms with van der Waals surface area (Å²) in [6.07, 6.45) is 6.28. The highest BCUT2D eigenvalue weighted by atomic mass is 35.5. The van der Waals surface area contributed by atoms with Gasteiger partial charge in [0.2, 0.25) is 0 Å². The Hall–Kier alpha value is -1.96. The van der Waals surface area contributed by atoms with Crippen LogP contribution in [0, 0.1) is 0 Å². The van der Waals surface area contributed by atoms with E-state index in [2.05, 4.69) is 37.1 Å². The summed E-state index contributed by atoms with van der Waals surface area (Å²) in [5.41, 5.74) is 3.80. The van der Waals surface area contributed by atoms with Crippen LogP contribution >= 0.6 is 31.0 Å². The molecule has 0 aliphatic heterocycles. The van der Waals surface area contributed by atoms with Crippen LogP contribution in [0.5, 0.6) is 0 Å². The zero-order chi connectivity index (χ0) is 26.7. The van der Waals surface area contributed by atoms with E-state index in [-0.39, 0.29) is 0 Å². The lowest BCUT2D eigenvalue weighted by Gasteiger charge is -2.21. The maximum Gasteiger partial charge on any atom is 0.466 e. The van der Waals surface area contributed by atoms with Gasteiger partial charge in [-0.1, -0.05) is 61.3 Å². The molecule has 10 heteroatoms. The fourth-order valence-corrected chi connectivity index (χ4v) is 4.08. The number of halogens is 2. The second-order valence-corrected chi connectivity index (χ2v) is 10.2. The Kier molecular flexibility index (Phi) is 12.4. The van der Waals surface area contributed by atoms with E-state index in [1.807, 2.05) is 54.6 Å². The first-order chi connectivity index (χ1) is 17.0. The van der Waals surface area contributed by atoms with E-state index in [0.717, 1.165) is 58.9 Å². The van der Waals surface area contributed by atoms with Crippen LogP contribution in [0.1, 0.15) is 44.9 Å². The Balaban J connectivity index is 0.000000830. The third kappa shape index (κ3) is 11.0. The summed E-state index contributed by atoms with van der Waals surface area (Å²) in [4.78, 5) is 28.8. The van der Waals surface area contributed by atoms with Gasteiger partial charge in [-0.25, -0.2) is 9.55 Å². The molecule has 0 amide bonds. The highest BCUT2D eigenvalue weighted by molar-refractivity contribution is 7.45. The van der Waals surface area contributed by atoms with Gasteiger partial charge in [-0.3, -0.25) is 0 Å². The molecule has 1 heterocycles. The van der Waals surface area contributed by atoms with Crippen molar-refractivity contribution in [3.63, 3.8) is 0 Å². The van der Waals surface area contributed by atoms with Gasteiger partial charge in [0.05, 0.1) is 11.2 Å². The molecule has 0 aliphatic rings. The van der Waals surface area contributed by atoms with Gasteiger partial charge in [0.15, 0.2) is 0 Å². The smallest absolute Gasteiger partial charge is 0.382 e. The lowest BCUT2D eigenvalue weighted by molar-refractivity contribution is 0.275. The van der Waals surface area contributed by atoms with Crippen LogP contribution in [-0.4, -0.2) is 50.2 Å². The van der Waals surface area contributed by atoms with Crippen molar-refractivity contribution in [1.82, 2.24) is 9.88 Å². The first-order valence-electron chi connectivity index (χ1n) is 11.8. The third-order valence-corrected chi connectivity index (χ3v) is 6.12. The van der Waals surface area contributed by atoms with E-state index in [1.54, 1.807) is 0 Å². The van der Waals surface area contributed by atoms with Crippen molar-refractivity contribution in [3.05, 3.63) is 69.8 Å². The topological polar surface area (TPSA) is 106 Å². The molecule has 0 saturated carbocycles. The molecule has 0 unspecified atom stereocenters.